The molecule has 2 aliphatic carbocycles. The third-order valence-electron chi connectivity index (χ3n) is 11.7. The first-order chi connectivity index (χ1) is 30.4. The van der Waals surface area contributed by atoms with E-state index in [-0.39, 0.29) is 20.6 Å². The molecular weight excluding hydrogens is 781 g/mol. The van der Waals surface area contributed by atoms with Crippen LogP contribution in [0.2, 0.25) is 0 Å². The summed E-state index contributed by atoms with van der Waals surface area (Å²) in [6.07, 6.45) is 12.3. The summed E-state index contributed by atoms with van der Waals surface area (Å²) in [7, 11) is 3.34. The quantitative estimate of drug-likeness (QED) is 0.0897. The fourth-order valence-corrected chi connectivity index (χ4v) is 8.83. The number of ether oxygens (including phenoxy) is 4. The summed E-state index contributed by atoms with van der Waals surface area (Å²) < 4.78 is 22.1. The highest BCUT2D eigenvalue weighted by atomic mass is 16.5. The molecule has 0 aliphatic heterocycles. The van der Waals surface area contributed by atoms with E-state index in [0.717, 1.165) is 85.5 Å². The molecule has 2 aliphatic rings. The second kappa shape index (κ2) is 22.8. The van der Waals surface area contributed by atoms with Gasteiger partial charge in [-0.1, -0.05) is 92.4 Å². The van der Waals surface area contributed by atoms with Crippen LogP contribution in [0.1, 0.15) is 88.0 Å². The van der Waals surface area contributed by atoms with Crippen LogP contribution in [0.4, 0.5) is 0 Å². The molecule has 6 nitrogen and oxygen atoms in total. The standard InChI is InChI=1S/2C28H30O3.CH4/c1-3-31-26-9-4-6-20(16-26)10-11-23-7-5-8-24-12-13-25(28(23)24)15-21-14-22(19-29)18-27(17-21)30-2;1-3-31-26-13-8-20(9-14-26)7-10-23-5-4-6-24-11-12-25(28(23)24)16-21-15-22(19-29)18-27(17-21)30-2;/h4-9,13-14,16-18,29H,3,10-12,15,19H2,1-2H3;4-6,8-9,12-15,17-18,29H,3,7,10-11,16,19H2,1-2H3;1H4. The molecule has 0 saturated heterocycles. The van der Waals surface area contributed by atoms with Crippen LogP contribution in [0.15, 0.2) is 133 Å². The number of fused-ring (bicyclic) bond motifs is 2. The first-order valence-electron chi connectivity index (χ1n) is 22.0. The van der Waals surface area contributed by atoms with Crippen LogP contribution in [0, 0.1) is 0 Å². The van der Waals surface area contributed by atoms with Gasteiger partial charge in [-0.05, 0) is 192 Å². The Balaban J connectivity index is 0.000000206. The molecule has 0 amide bonds. The first kappa shape index (κ1) is 46.4. The Bertz CT molecular complexity index is 2450. The second-order valence-corrected chi connectivity index (χ2v) is 16.0. The van der Waals surface area contributed by atoms with Gasteiger partial charge in [0, 0.05) is 0 Å². The van der Waals surface area contributed by atoms with E-state index in [4.69, 9.17) is 18.9 Å². The number of aliphatic hydroxyl groups excluding tert-OH is 2. The van der Waals surface area contributed by atoms with Gasteiger partial charge in [-0.15, -0.1) is 0 Å². The molecule has 328 valence electrons. The molecule has 0 fully saturated rings. The summed E-state index contributed by atoms with van der Waals surface area (Å²) >= 11 is 0. The molecule has 0 unspecified atom stereocenters. The summed E-state index contributed by atoms with van der Waals surface area (Å²) in [5.74, 6) is 3.46. The van der Waals surface area contributed by atoms with Gasteiger partial charge in [0.2, 0.25) is 0 Å². The largest absolute Gasteiger partial charge is 0.497 e. The summed E-state index contributed by atoms with van der Waals surface area (Å²) in [6.45, 7) is 5.44. The van der Waals surface area contributed by atoms with Gasteiger partial charge in [-0.25, -0.2) is 0 Å². The van der Waals surface area contributed by atoms with Gasteiger partial charge in [0.25, 0.3) is 0 Å². The molecule has 6 aromatic rings. The second-order valence-electron chi connectivity index (χ2n) is 16.0. The first-order valence-corrected chi connectivity index (χ1v) is 22.0. The number of allylic oxidation sites excluding steroid dienone is 4. The summed E-state index contributed by atoms with van der Waals surface area (Å²) in [5.41, 5.74) is 17.9. The van der Waals surface area contributed by atoms with Crippen LogP contribution in [0.5, 0.6) is 23.0 Å². The number of methoxy groups -OCH3 is 2. The Labute approximate surface area is 375 Å². The third kappa shape index (κ3) is 12.1. The van der Waals surface area contributed by atoms with Crippen molar-refractivity contribution in [3.63, 3.8) is 0 Å². The molecule has 0 atom stereocenters. The van der Waals surface area contributed by atoms with E-state index < -0.39 is 0 Å². The highest BCUT2D eigenvalue weighted by Gasteiger charge is 2.20. The monoisotopic (exact) mass is 844 g/mol. The minimum absolute atomic E-state index is 0. The van der Waals surface area contributed by atoms with Gasteiger partial charge < -0.3 is 29.2 Å². The molecule has 0 radical (unpaired) electrons. The minimum atomic E-state index is 0. The van der Waals surface area contributed by atoms with Crippen molar-refractivity contribution in [3.05, 3.63) is 200 Å². The lowest BCUT2D eigenvalue weighted by molar-refractivity contribution is 0.280. The van der Waals surface area contributed by atoms with Gasteiger partial charge in [0.05, 0.1) is 40.6 Å². The maximum Gasteiger partial charge on any atom is 0.119 e. The third-order valence-corrected chi connectivity index (χ3v) is 11.7. The predicted molar refractivity (Wildman–Crippen MR) is 258 cm³/mol. The van der Waals surface area contributed by atoms with Gasteiger partial charge in [-0.3, -0.25) is 0 Å². The molecule has 0 aromatic heterocycles. The van der Waals surface area contributed by atoms with E-state index in [1.165, 1.54) is 66.8 Å². The number of aliphatic hydroxyl groups is 2. The smallest absolute Gasteiger partial charge is 0.119 e. The maximum atomic E-state index is 9.60. The van der Waals surface area contributed by atoms with Gasteiger partial charge in [0.1, 0.15) is 23.0 Å². The summed E-state index contributed by atoms with van der Waals surface area (Å²) in [6, 6.07) is 42.3. The molecule has 0 bridgehead atoms. The van der Waals surface area contributed by atoms with E-state index in [2.05, 4.69) is 115 Å². The van der Waals surface area contributed by atoms with Crippen molar-refractivity contribution in [2.45, 2.75) is 85.9 Å². The molecule has 2 N–H and O–H groups in total. The fourth-order valence-electron chi connectivity index (χ4n) is 8.83. The zero-order valence-corrected chi connectivity index (χ0v) is 36.7. The Hall–Kier alpha value is -6.08. The van der Waals surface area contributed by atoms with Crippen molar-refractivity contribution in [2.24, 2.45) is 0 Å². The van der Waals surface area contributed by atoms with Crippen LogP contribution in [-0.4, -0.2) is 37.6 Å². The average molecular weight is 845 g/mol. The van der Waals surface area contributed by atoms with Crippen molar-refractivity contribution in [1.82, 2.24) is 0 Å². The van der Waals surface area contributed by atoms with Crippen LogP contribution in [0.25, 0.3) is 11.1 Å². The molecule has 0 saturated carbocycles. The summed E-state index contributed by atoms with van der Waals surface area (Å²) in [4.78, 5) is 0. The van der Waals surface area contributed by atoms with Crippen LogP contribution < -0.4 is 18.9 Å². The highest BCUT2D eigenvalue weighted by Crippen LogP contribution is 2.36. The zero-order chi connectivity index (χ0) is 43.3. The van der Waals surface area contributed by atoms with E-state index >= 15 is 0 Å². The fraction of sp³-hybridized carbons (Fsp3) is 0.298. The van der Waals surface area contributed by atoms with Crippen LogP contribution in [0.3, 0.4) is 0 Å². The van der Waals surface area contributed by atoms with Crippen molar-refractivity contribution in [2.75, 3.05) is 27.4 Å². The van der Waals surface area contributed by atoms with Crippen molar-refractivity contribution >= 4 is 11.1 Å². The van der Waals surface area contributed by atoms with Crippen LogP contribution >= 0.6 is 0 Å². The van der Waals surface area contributed by atoms with E-state index in [1.54, 1.807) is 14.2 Å². The van der Waals surface area contributed by atoms with Crippen molar-refractivity contribution < 1.29 is 29.2 Å². The lowest BCUT2D eigenvalue weighted by Crippen LogP contribution is -2.00. The normalized spacial score (nSPS) is 12.2. The minimum Gasteiger partial charge on any atom is -0.497 e. The van der Waals surface area contributed by atoms with Crippen LogP contribution in [-0.2, 0) is 64.6 Å². The zero-order valence-electron chi connectivity index (χ0n) is 36.7. The topological polar surface area (TPSA) is 77.4 Å². The highest BCUT2D eigenvalue weighted by molar-refractivity contribution is 5.78. The van der Waals surface area contributed by atoms with Gasteiger partial charge >= 0.3 is 0 Å². The number of hydrogen-bond acceptors (Lipinski definition) is 6. The molecule has 6 aromatic carbocycles. The number of benzene rings is 6. The van der Waals surface area contributed by atoms with E-state index in [0.29, 0.717) is 13.2 Å². The van der Waals surface area contributed by atoms with E-state index in [9.17, 15) is 10.2 Å². The molecular formula is C57H64O6. The molecule has 63 heavy (non-hydrogen) atoms. The van der Waals surface area contributed by atoms with Gasteiger partial charge in [-0.2, -0.15) is 0 Å². The Kier molecular flexibility index (Phi) is 16.8. The SMILES string of the molecule is C.CCOc1ccc(CCc2cccc3c2C(Cc2cc(CO)cc(OC)c2)=CC3)cc1.CCOc1cccc(CCc2cccc3c2C(Cc2cc(CO)cc(OC)c2)=CC3)c1. The lowest BCUT2D eigenvalue weighted by Gasteiger charge is -2.14. The maximum absolute atomic E-state index is 9.60. The number of aryl methyl sites for hydroxylation is 4. The molecule has 0 heterocycles. The molecule has 8 rings (SSSR count). The molecule has 0 spiro atoms. The lowest BCUT2D eigenvalue weighted by atomic mass is 9.91. The average Bonchev–Trinajstić information content (AvgIpc) is 3.92. The number of rotatable bonds is 18. The Morgan fingerprint density at radius 3 is 1.40 bits per heavy atom. The predicted octanol–water partition coefficient (Wildman–Crippen LogP) is 11.7. The Morgan fingerprint density at radius 2 is 0.905 bits per heavy atom. The van der Waals surface area contributed by atoms with Gasteiger partial charge in [0.15, 0.2) is 0 Å². The van der Waals surface area contributed by atoms with E-state index in [1.807, 2.05) is 32.0 Å². The Morgan fingerprint density at radius 1 is 0.444 bits per heavy atom. The van der Waals surface area contributed by atoms with Crippen molar-refractivity contribution in [3.8, 4) is 23.0 Å². The molecule has 6 heteroatoms. The summed E-state index contributed by atoms with van der Waals surface area (Å²) in [5, 5.41) is 19.2. The number of hydrogen-bond donors (Lipinski definition) is 2. The van der Waals surface area contributed by atoms with Crippen molar-refractivity contribution in [1.29, 1.82) is 0 Å².